The summed E-state index contributed by atoms with van der Waals surface area (Å²) in [4.78, 5) is 17.2. The maximum Gasteiger partial charge on any atom is 0.239 e. The predicted octanol–water partition coefficient (Wildman–Crippen LogP) is 2.29. The van der Waals surface area contributed by atoms with Crippen molar-refractivity contribution in [2.75, 3.05) is 18.5 Å². The standard InChI is InChI=1S/C13H19N3O2S2/c1-8(2)9-7-20-12(15-9)16-11(17)13(10(14)19)3-5-18-6-4-13/h7-8H,3-6H2,1-2H3,(H2,14,19)(H,15,16,17). The fourth-order valence-electron chi connectivity index (χ4n) is 2.13. The minimum Gasteiger partial charge on any atom is -0.392 e. The van der Waals surface area contributed by atoms with E-state index in [1.807, 2.05) is 5.38 Å². The van der Waals surface area contributed by atoms with Crippen molar-refractivity contribution in [2.24, 2.45) is 11.1 Å². The van der Waals surface area contributed by atoms with Crippen LogP contribution in [0.25, 0.3) is 0 Å². The van der Waals surface area contributed by atoms with E-state index in [0.717, 1.165) is 5.69 Å². The number of hydrogen-bond donors (Lipinski definition) is 2. The molecule has 0 aliphatic carbocycles. The third kappa shape index (κ3) is 2.99. The van der Waals surface area contributed by atoms with Crippen LogP contribution in [0.4, 0.5) is 5.13 Å². The molecule has 1 aliphatic heterocycles. The van der Waals surface area contributed by atoms with Gasteiger partial charge in [0.25, 0.3) is 0 Å². The van der Waals surface area contributed by atoms with Gasteiger partial charge < -0.3 is 15.8 Å². The van der Waals surface area contributed by atoms with Gasteiger partial charge in [-0.3, -0.25) is 4.79 Å². The molecule has 1 fully saturated rings. The lowest BCUT2D eigenvalue weighted by Gasteiger charge is -2.34. The van der Waals surface area contributed by atoms with Crippen LogP contribution in [0.5, 0.6) is 0 Å². The van der Waals surface area contributed by atoms with Crippen molar-refractivity contribution < 1.29 is 9.53 Å². The molecule has 1 aliphatic rings. The van der Waals surface area contributed by atoms with Crippen molar-refractivity contribution in [2.45, 2.75) is 32.6 Å². The first-order valence-corrected chi connectivity index (χ1v) is 7.89. The topological polar surface area (TPSA) is 77.2 Å². The number of carbonyl (C=O) groups is 1. The molecule has 110 valence electrons. The number of ether oxygens (including phenoxy) is 1. The number of hydrogen-bond acceptors (Lipinski definition) is 5. The molecule has 2 rings (SSSR count). The van der Waals surface area contributed by atoms with Crippen LogP contribution in [-0.2, 0) is 9.53 Å². The molecule has 1 amide bonds. The molecule has 0 radical (unpaired) electrons. The van der Waals surface area contributed by atoms with Gasteiger partial charge in [0.05, 0.1) is 10.7 Å². The number of aromatic nitrogens is 1. The Morgan fingerprint density at radius 2 is 2.20 bits per heavy atom. The SMILES string of the molecule is CC(C)c1csc(NC(=O)C2(C(N)=S)CCOCC2)n1. The number of carbonyl (C=O) groups excluding carboxylic acids is 1. The largest absolute Gasteiger partial charge is 0.392 e. The van der Waals surface area contributed by atoms with E-state index < -0.39 is 5.41 Å². The van der Waals surface area contributed by atoms with Crippen molar-refractivity contribution in [3.05, 3.63) is 11.1 Å². The van der Waals surface area contributed by atoms with Crippen LogP contribution in [0, 0.1) is 5.41 Å². The Bertz CT molecular complexity index is 507. The number of anilines is 1. The van der Waals surface area contributed by atoms with Gasteiger partial charge in [-0.05, 0) is 18.8 Å². The molecule has 0 saturated carbocycles. The van der Waals surface area contributed by atoms with E-state index >= 15 is 0 Å². The van der Waals surface area contributed by atoms with Gasteiger partial charge in [0.15, 0.2) is 5.13 Å². The highest BCUT2D eigenvalue weighted by Gasteiger charge is 2.43. The quantitative estimate of drug-likeness (QED) is 0.834. The van der Waals surface area contributed by atoms with Crippen LogP contribution in [0.15, 0.2) is 5.38 Å². The highest BCUT2D eigenvalue weighted by atomic mass is 32.1. The number of nitrogens with two attached hydrogens (primary N) is 1. The smallest absolute Gasteiger partial charge is 0.239 e. The summed E-state index contributed by atoms with van der Waals surface area (Å²) in [7, 11) is 0. The fraction of sp³-hybridized carbons (Fsp3) is 0.615. The third-order valence-corrected chi connectivity index (χ3v) is 4.75. The molecule has 0 spiro atoms. The summed E-state index contributed by atoms with van der Waals surface area (Å²) in [6.45, 7) is 5.13. The zero-order valence-corrected chi connectivity index (χ0v) is 13.3. The first kappa shape index (κ1) is 15.3. The van der Waals surface area contributed by atoms with Gasteiger partial charge in [-0.25, -0.2) is 4.98 Å². The number of thiocarbonyl (C=S) groups is 1. The van der Waals surface area contributed by atoms with Crippen LogP contribution in [0.1, 0.15) is 38.3 Å². The Kier molecular flexibility index (Phi) is 4.72. The molecule has 5 nitrogen and oxygen atoms in total. The highest BCUT2D eigenvalue weighted by molar-refractivity contribution is 7.80. The van der Waals surface area contributed by atoms with Crippen LogP contribution < -0.4 is 11.1 Å². The van der Waals surface area contributed by atoms with Crippen molar-refractivity contribution >= 4 is 39.6 Å². The summed E-state index contributed by atoms with van der Waals surface area (Å²) >= 11 is 6.53. The van der Waals surface area contributed by atoms with Gasteiger partial charge in [-0.2, -0.15) is 0 Å². The van der Waals surface area contributed by atoms with Gasteiger partial charge in [0, 0.05) is 18.6 Å². The van der Waals surface area contributed by atoms with E-state index in [4.69, 9.17) is 22.7 Å². The Balaban J connectivity index is 2.14. The summed E-state index contributed by atoms with van der Waals surface area (Å²) in [5.74, 6) is 0.169. The number of nitrogens with zero attached hydrogens (tertiary/aromatic N) is 1. The second-order valence-corrected chi connectivity index (χ2v) is 6.54. The van der Waals surface area contributed by atoms with Gasteiger partial charge in [0.2, 0.25) is 5.91 Å². The highest BCUT2D eigenvalue weighted by Crippen LogP contribution is 2.33. The number of thiazole rings is 1. The molecule has 0 unspecified atom stereocenters. The number of amides is 1. The normalized spacial score (nSPS) is 17.9. The molecule has 3 N–H and O–H groups in total. The van der Waals surface area contributed by atoms with E-state index in [0.29, 0.717) is 37.1 Å². The molecular weight excluding hydrogens is 294 g/mol. The molecule has 20 heavy (non-hydrogen) atoms. The zero-order chi connectivity index (χ0) is 14.8. The van der Waals surface area contributed by atoms with E-state index in [9.17, 15) is 4.79 Å². The van der Waals surface area contributed by atoms with Gasteiger partial charge >= 0.3 is 0 Å². The molecule has 1 saturated heterocycles. The molecule has 0 aromatic carbocycles. The van der Waals surface area contributed by atoms with Crippen molar-refractivity contribution in [1.82, 2.24) is 4.98 Å². The van der Waals surface area contributed by atoms with E-state index in [-0.39, 0.29) is 10.9 Å². The monoisotopic (exact) mass is 313 g/mol. The summed E-state index contributed by atoms with van der Waals surface area (Å²) in [6.07, 6.45) is 1.05. The van der Waals surface area contributed by atoms with Gasteiger partial charge in [0.1, 0.15) is 5.41 Å². The Morgan fingerprint density at radius 1 is 1.55 bits per heavy atom. The molecule has 1 aromatic rings. The molecule has 2 heterocycles. The minimum atomic E-state index is -0.808. The van der Waals surface area contributed by atoms with E-state index in [2.05, 4.69) is 24.1 Å². The first-order chi connectivity index (χ1) is 9.45. The summed E-state index contributed by atoms with van der Waals surface area (Å²) in [5, 5.41) is 5.41. The van der Waals surface area contributed by atoms with Crippen molar-refractivity contribution in [3.63, 3.8) is 0 Å². The zero-order valence-electron chi connectivity index (χ0n) is 11.6. The number of nitrogens with one attached hydrogen (secondary N) is 1. The van der Waals surface area contributed by atoms with Crippen LogP contribution in [0.3, 0.4) is 0 Å². The lowest BCUT2D eigenvalue weighted by Crippen LogP contribution is -2.49. The maximum absolute atomic E-state index is 12.5. The summed E-state index contributed by atoms with van der Waals surface area (Å²) in [6, 6.07) is 0. The summed E-state index contributed by atoms with van der Waals surface area (Å²) in [5.41, 5.74) is 5.97. The molecular formula is C13H19N3O2S2. The molecule has 0 atom stereocenters. The fourth-order valence-corrected chi connectivity index (χ4v) is 3.29. The lowest BCUT2D eigenvalue weighted by atomic mass is 9.79. The number of rotatable bonds is 4. The second kappa shape index (κ2) is 6.15. The van der Waals surface area contributed by atoms with Crippen LogP contribution >= 0.6 is 23.6 Å². The Hall–Kier alpha value is -1.05. The minimum absolute atomic E-state index is 0.169. The lowest BCUT2D eigenvalue weighted by molar-refractivity contribution is -0.126. The average molecular weight is 313 g/mol. The maximum atomic E-state index is 12.5. The third-order valence-electron chi connectivity index (χ3n) is 3.59. The summed E-state index contributed by atoms with van der Waals surface area (Å²) < 4.78 is 5.30. The molecule has 7 heteroatoms. The van der Waals surface area contributed by atoms with Crippen LogP contribution in [0.2, 0.25) is 0 Å². The van der Waals surface area contributed by atoms with E-state index in [1.54, 1.807) is 0 Å². The second-order valence-electron chi connectivity index (χ2n) is 5.25. The Morgan fingerprint density at radius 3 is 2.70 bits per heavy atom. The predicted molar refractivity (Wildman–Crippen MR) is 84.1 cm³/mol. The van der Waals surface area contributed by atoms with E-state index in [1.165, 1.54) is 11.3 Å². The van der Waals surface area contributed by atoms with Crippen LogP contribution in [-0.4, -0.2) is 29.1 Å². The van der Waals surface area contributed by atoms with Gasteiger partial charge in [-0.15, -0.1) is 11.3 Å². The first-order valence-electron chi connectivity index (χ1n) is 6.60. The molecule has 0 bridgehead atoms. The van der Waals surface area contributed by atoms with Gasteiger partial charge in [-0.1, -0.05) is 26.1 Å². The average Bonchev–Trinajstić information content (AvgIpc) is 2.88. The Labute approximate surface area is 127 Å². The van der Waals surface area contributed by atoms with Crippen molar-refractivity contribution in [1.29, 1.82) is 0 Å². The van der Waals surface area contributed by atoms with Crippen molar-refractivity contribution in [3.8, 4) is 0 Å². The molecule has 1 aromatic heterocycles.